The number of nitrogens with two attached hydrogens (primary N) is 1. The number of rotatable bonds is 10. The number of unbranched alkanes of at least 4 members (excludes halogenated alkanes) is 5. The van der Waals surface area contributed by atoms with Gasteiger partial charge in [0.2, 0.25) is 5.95 Å². The predicted octanol–water partition coefficient (Wildman–Crippen LogP) is 8.42. The zero-order chi connectivity index (χ0) is 33.5. The molecule has 0 amide bonds. The summed E-state index contributed by atoms with van der Waals surface area (Å²) >= 11 is 1.10. The van der Waals surface area contributed by atoms with Gasteiger partial charge in [0.05, 0.1) is 35.3 Å². The topological polar surface area (TPSA) is 108 Å². The predicted molar refractivity (Wildman–Crippen MR) is 194 cm³/mol. The minimum absolute atomic E-state index is 0.129. The molecule has 2 aliphatic rings. The van der Waals surface area contributed by atoms with Crippen molar-refractivity contribution >= 4 is 59.1 Å². The highest BCUT2D eigenvalue weighted by Crippen LogP contribution is 2.46. The lowest BCUT2D eigenvalue weighted by Gasteiger charge is -2.22. The van der Waals surface area contributed by atoms with Crippen molar-refractivity contribution in [3.8, 4) is 6.07 Å². The number of aliphatic hydroxyl groups is 1. The van der Waals surface area contributed by atoms with Crippen LogP contribution in [0, 0.1) is 17.2 Å². The van der Waals surface area contributed by atoms with Crippen molar-refractivity contribution in [1.29, 1.82) is 5.26 Å². The molecule has 10 heteroatoms. The van der Waals surface area contributed by atoms with Gasteiger partial charge in [0.15, 0.2) is 0 Å². The van der Waals surface area contributed by atoms with E-state index in [0.717, 1.165) is 55.4 Å². The lowest BCUT2D eigenvalue weighted by atomic mass is 9.85. The quantitative estimate of drug-likeness (QED) is 0.165. The molecule has 0 aliphatic carbocycles. The van der Waals surface area contributed by atoms with Crippen LogP contribution in [-0.2, 0) is 18.0 Å². The van der Waals surface area contributed by atoms with Gasteiger partial charge in [0.1, 0.15) is 16.9 Å². The van der Waals surface area contributed by atoms with Crippen molar-refractivity contribution in [2.24, 2.45) is 5.92 Å². The Morgan fingerprint density at radius 3 is 2.41 bits per heavy atom. The first-order valence-electron chi connectivity index (χ1n) is 16.6. The average molecular weight is 666 g/mol. The van der Waals surface area contributed by atoms with Crippen LogP contribution in [0.5, 0.6) is 0 Å². The molecule has 0 radical (unpaired) electrons. The van der Waals surface area contributed by atoms with Crippen LogP contribution in [-0.4, -0.2) is 34.3 Å². The molecule has 2 aliphatic heterocycles. The Labute approximate surface area is 280 Å². The number of β-amino-alcohol motifs (C(OH)–C–C–N with tert-alkyl or cyclic N) is 1. The van der Waals surface area contributed by atoms with Crippen molar-refractivity contribution in [3.05, 3.63) is 50.5 Å². The third kappa shape index (κ3) is 7.31. The molecule has 248 valence electrons. The van der Waals surface area contributed by atoms with Gasteiger partial charge in [0.25, 0.3) is 0 Å². The van der Waals surface area contributed by atoms with Crippen molar-refractivity contribution in [1.82, 2.24) is 9.97 Å². The van der Waals surface area contributed by atoms with E-state index in [0.29, 0.717) is 54.1 Å². The van der Waals surface area contributed by atoms with Gasteiger partial charge in [-0.2, -0.15) is 5.26 Å². The number of benzene rings is 1. The monoisotopic (exact) mass is 665 g/mol. The van der Waals surface area contributed by atoms with Gasteiger partial charge in [-0.05, 0) is 42.5 Å². The van der Waals surface area contributed by atoms with E-state index in [2.05, 4.69) is 34.1 Å². The summed E-state index contributed by atoms with van der Waals surface area (Å²) in [5.41, 5.74) is 12.5. The molecule has 3 aromatic rings. The number of aromatic nitrogens is 2. The summed E-state index contributed by atoms with van der Waals surface area (Å²) in [6.07, 6.45) is 12.0. The van der Waals surface area contributed by atoms with Crippen LogP contribution in [0.1, 0.15) is 119 Å². The molecule has 0 spiro atoms. The Hall–Kier alpha value is -2.89. The molecule has 0 saturated carbocycles. The van der Waals surface area contributed by atoms with E-state index in [1.165, 1.54) is 44.6 Å². The van der Waals surface area contributed by atoms with E-state index in [4.69, 9.17) is 15.5 Å². The molecular formula is C36H49FN5O2PS. The van der Waals surface area contributed by atoms with Gasteiger partial charge < -0.3 is 20.5 Å². The summed E-state index contributed by atoms with van der Waals surface area (Å²) in [7, 11) is 2.84. The number of ether oxygens (including phenoxy) is 1. The van der Waals surface area contributed by atoms with Crippen LogP contribution in [0.2, 0.25) is 0 Å². The zero-order valence-electron chi connectivity index (χ0n) is 28.2. The lowest BCUT2D eigenvalue weighted by molar-refractivity contribution is 0.135. The number of nitriles is 1. The van der Waals surface area contributed by atoms with Crippen molar-refractivity contribution < 1.29 is 14.2 Å². The maximum Gasteiger partial charge on any atom is 0.225 e. The highest BCUT2D eigenvalue weighted by atomic mass is 32.1. The molecule has 4 heterocycles. The third-order valence-electron chi connectivity index (χ3n) is 9.07. The standard InChI is InChI=1S/C28H31FN5O2PS.C8H18/c1-5-13(3)21(23-15(7-30)27(31)38-26(23)19(29)6-2)22-18-12-36-11-17(18)16-8-32-28(33-24(16)25(22)37)34-9-14(4)20(35)10-34;1-3-5-7-8-6-4-2/h6,8,14,20,35H,5,9-12,31,37H2,1-4H3;3-8H2,1-2H3/b19-6+,21-13+;. The molecule has 3 atom stereocenters. The molecule has 0 bridgehead atoms. The maximum atomic E-state index is 15.2. The first-order valence-corrected chi connectivity index (χ1v) is 18.0. The third-order valence-corrected chi connectivity index (χ3v) is 10.7. The molecule has 3 N–H and O–H groups in total. The van der Waals surface area contributed by atoms with E-state index in [-0.39, 0.29) is 11.5 Å². The smallest absolute Gasteiger partial charge is 0.225 e. The molecule has 1 saturated heterocycles. The molecule has 5 rings (SSSR count). The maximum absolute atomic E-state index is 15.2. The lowest BCUT2D eigenvalue weighted by Crippen LogP contribution is -2.24. The van der Waals surface area contributed by atoms with Gasteiger partial charge in [-0.25, -0.2) is 14.4 Å². The van der Waals surface area contributed by atoms with Crippen LogP contribution in [0.4, 0.5) is 15.3 Å². The zero-order valence-corrected chi connectivity index (χ0v) is 30.1. The summed E-state index contributed by atoms with van der Waals surface area (Å²) in [5.74, 6) is 0.277. The molecule has 3 unspecified atom stereocenters. The number of thiophene rings is 1. The second-order valence-corrected chi connectivity index (χ2v) is 14.0. The normalized spacial score (nSPS) is 18.3. The fourth-order valence-electron chi connectivity index (χ4n) is 6.20. The number of nitrogen functional groups attached to an aromatic ring is 1. The molecule has 2 aromatic heterocycles. The largest absolute Gasteiger partial charge is 0.391 e. The Balaban J connectivity index is 0.000000533. The molecule has 1 aromatic carbocycles. The van der Waals surface area contributed by atoms with Gasteiger partial charge >= 0.3 is 0 Å². The number of anilines is 2. The van der Waals surface area contributed by atoms with Gasteiger partial charge in [0, 0.05) is 41.5 Å². The van der Waals surface area contributed by atoms with E-state index in [9.17, 15) is 10.4 Å². The van der Waals surface area contributed by atoms with E-state index >= 15 is 4.39 Å². The minimum Gasteiger partial charge on any atom is -0.391 e. The average Bonchev–Trinajstić information content (AvgIpc) is 3.77. The fraction of sp³-hybridized carbons (Fsp3) is 0.528. The van der Waals surface area contributed by atoms with Crippen LogP contribution < -0.4 is 15.9 Å². The Morgan fingerprint density at radius 1 is 1.17 bits per heavy atom. The fourth-order valence-corrected chi connectivity index (χ4v) is 7.73. The van der Waals surface area contributed by atoms with Gasteiger partial charge in [-0.3, -0.25) is 0 Å². The first kappa shape index (κ1) is 36.0. The van der Waals surface area contributed by atoms with Crippen molar-refractivity contribution in [3.63, 3.8) is 0 Å². The SMILES string of the molecule is C/C=C(/F)c1sc(N)c(C#N)c1/C(=C(\C)CC)c1c2c(c3cnc(N4CC(C)C(O)C4)nc3c1P)COC2.CCCCCCCC. The second kappa shape index (κ2) is 16.3. The second-order valence-electron chi connectivity index (χ2n) is 12.3. The molecule has 1 fully saturated rings. The van der Waals surface area contributed by atoms with Crippen molar-refractivity contribution in [2.75, 3.05) is 23.7 Å². The van der Waals surface area contributed by atoms with Crippen LogP contribution in [0.3, 0.4) is 0 Å². The summed E-state index contributed by atoms with van der Waals surface area (Å²) in [6, 6.07) is 2.23. The summed E-state index contributed by atoms with van der Waals surface area (Å²) in [4.78, 5) is 12.0. The highest BCUT2D eigenvalue weighted by Gasteiger charge is 2.33. The Morgan fingerprint density at radius 2 is 1.85 bits per heavy atom. The molecule has 46 heavy (non-hydrogen) atoms. The number of halogens is 1. The summed E-state index contributed by atoms with van der Waals surface area (Å²) in [6.45, 7) is 14.2. The number of allylic oxidation sites excluding steroid dienone is 2. The first-order chi connectivity index (χ1) is 22.1. The summed E-state index contributed by atoms with van der Waals surface area (Å²) in [5, 5.41) is 22.4. The van der Waals surface area contributed by atoms with Crippen LogP contribution >= 0.6 is 20.6 Å². The number of fused-ring (bicyclic) bond motifs is 3. The minimum atomic E-state index is -0.427. The highest BCUT2D eigenvalue weighted by molar-refractivity contribution is 7.28. The Bertz CT molecular complexity index is 1640. The Kier molecular flexibility index (Phi) is 12.7. The van der Waals surface area contributed by atoms with Crippen molar-refractivity contribution in [2.45, 2.75) is 106 Å². The molecular weight excluding hydrogens is 616 g/mol. The van der Waals surface area contributed by atoms with Gasteiger partial charge in [-0.15, -0.1) is 20.6 Å². The van der Waals surface area contributed by atoms with E-state index in [1.807, 2.05) is 31.9 Å². The number of hydrogen-bond acceptors (Lipinski definition) is 8. The van der Waals surface area contributed by atoms with Crippen LogP contribution in [0.25, 0.3) is 22.3 Å². The summed E-state index contributed by atoms with van der Waals surface area (Å²) < 4.78 is 21.2. The number of hydrogen-bond donors (Lipinski definition) is 2. The van der Waals surface area contributed by atoms with E-state index < -0.39 is 11.9 Å². The number of nitrogens with zero attached hydrogens (tertiary/aromatic N) is 4. The molecule has 7 nitrogen and oxygen atoms in total. The van der Waals surface area contributed by atoms with E-state index in [1.54, 1.807) is 6.92 Å². The van der Waals surface area contributed by atoms with Crippen LogP contribution in [0.15, 0.2) is 17.8 Å². The number of aliphatic hydroxyl groups excluding tert-OH is 1. The van der Waals surface area contributed by atoms with Gasteiger partial charge in [-0.1, -0.05) is 77.9 Å².